The van der Waals surface area contributed by atoms with Gasteiger partial charge in [0.1, 0.15) is 10.8 Å². The Morgan fingerprint density at radius 3 is 2.56 bits per heavy atom. The van der Waals surface area contributed by atoms with Crippen LogP contribution in [0.4, 0.5) is 5.82 Å². The molecule has 36 heavy (non-hydrogen) atoms. The highest BCUT2D eigenvalue weighted by molar-refractivity contribution is 7.15. The number of likely N-dealkylation sites (tertiary alicyclic amines) is 1. The highest BCUT2D eigenvalue weighted by Crippen LogP contribution is 2.35. The van der Waals surface area contributed by atoms with Gasteiger partial charge in [-0.05, 0) is 25.0 Å². The maximum Gasteiger partial charge on any atom is 0.339 e. The molecular weight excluding hydrogens is 474 g/mol. The molecule has 3 aliphatic rings. The maximum absolute atomic E-state index is 13.3. The van der Waals surface area contributed by atoms with Crippen molar-refractivity contribution in [1.82, 2.24) is 19.8 Å². The van der Waals surface area contributed by atoms with Crippen molar-refractivity contribution in [3.05, 3.63) is 64.8 Å². The van der Waals surface area contributed by atoms with Gasteiger partial charge in [0, 0.05) is 54.8 Å². The van der Waals surface area contributed by atoms with Crippen LogP contribution in [0, 0.1) is 0 Å². The number of rotatable bonds is 5. The van der Waals surface area contributed by atoms with E-state index in [1.807, 2.05) is 29.2 Å². The van der Waals surface area contributed by atoms with Gasteiger partial charge in [0.15, 0.2) is 0 Å². The van der Waals surface area contributed by atoms with Gasteiger partial charge in [-0.15, -0.1) is 11.3 Å². The van der Waals surface area contributed by atoms with Crippen molar-refractivity contribution in [2.24, 2.45) is 0 Å². The van der Waals surface area contributed by atoms with E-state index in [0.717, 1.165) is 61.0 Å². The summed E-state index contributed by atoms with van der Waals surface area (Å²) >= 11 is 1.71. The van der Waals surface area contributed by atoms with E-state index in [4.69, 9.17) is 9.72 Å². The van der Waals surface area contributed by atoms with Crippen LogP contribution in [-0.4, -0.2) is 77.0 Å². The molecule has 0 saturated carbocycles. The zero-order valence-electron chi connectivity index (χ0n) is 20.3. The van der Waals surface area contributed by atoms with Gasteiger partial charge in [-0.3, -0.25) is 9.69 Å². The van der Waals surface area contributed by atoms with Gasteiger partial charge in [0.2, 0.25) is 5.91 Å². The molecule has 1 aromatic carbocycles. The molecule has 0 N–H and O–H groups in total. The molecular formula is C27H29N5O3S. The Morgan fingerprint density at radius 1 is 1.08 bits per heavy atom. The van der Waals surface area contributed by atoms with Gasteiger partial charge in [0.25, 0.3) is 0 Å². The third-order valence-corrected chi connectivity index (χ3v) is 8.59. The summed E-state index contributed by atoms with van der Waals surface area (Å²) in [6, 6.07) is 14.6. The van der Waals surface area contributed by atoms with Gasteiger partial charge in [0.05, 0.1) is 31.5 Å². The van der Waals surface area contributed by atoms with E-state index in [1.54, 1.807) is 23.6 Å². The van der Waals surface area contributed by atoms with Crippen molar-refractivity contribution >= 4 is 29.0 Å². The van der Waals surface area contributed by atoms with E-state index in [9.17, 15) is 9.59 Å². The van der Waals surface area contributed by atoms with E-state index < -0.39 is 0 Å². The SMILES string of the molecule is COC(=O)c1ccc(N2C3CCC2CN(CC(=O)N2CCc4nc(-c5ccccc5)sc4C2)C3)nc1. The molecule has 2 unspecified atom stereocenters. The number of amides is 1. The highest BCUT2D eigenvalue weighted by Gasteiger charge is 2.41. The lowest BCUT2D eigenvalue weighted by Crippen LogP contribution is -2.56. The lowest BCUT2D eigenvalue weighted by atomic mass is 10.1. The Hall–Kier alpha value is -3.30. The van der Waals surface area contributed by atoms with Crippen molar-refractivity contribution in [3.8, 4) is 10.6 Å². The zero-order chi connectivity index (χ0) is 24.6. The Bertz CT molecular complexity index is 1250. The van der Waals surface area contributed by atoms with Gasteiger partial charge in [-0.2, -0.15) is 0 Å². The van der Waals surface area contributed by atoms with Crippen molar-refractivity contribution in [2.45, 2.75) is 37.9 Å². The minimum absolute atomic E-state index is 0.198. The minimum atomic E-state index is -0.375. The summed E-state index contributed by atoms with van der Waals surface area (Å²) in [4.78, 5) is 42.3. The quantitative estimate of drug-likeness (QED) is 0.495. The van der Waals surface area contributed by atoms with Crippen LogP contribution in [0.3, 0.4) is 0 Å². The first kappa shape index (κ1) is 23.1. The molecule has 0 aliphatic carbocycles. The summed E-state index contributed by atoms with van der Waals surface area (Å²) in [6.45, 7) is 3.53. The van der Waals surface area contributed by atoms with Gasteiger partial charge in [-0.25, -0.2) is 14.8 Å². The average molecular weight is 504 g/mol. The summed E-state index contributed by atoms with van der Waals surface area (Å²) in [5.41, 5.74) is 2.73. The van der Waals surface area contributed by atoms with Crippen molar-refractivity contribution in [3.63, 3.8) is 0 Å². The first-order valence-corrected chi connectivity index (χ1v) is 13.3. The molecule has 2 saturated heterocycles. The molecule has 2 bridgehead atoms. The van der Waals surface area contributed by atoms with E-state index >= 15 is 0 Å². The maximum atomic E-state index is 13.3. The van der Waals surface area contributed by atoms with E-state index in [0.29, 0.717) is 30.7 Å². The van der Waals surface area contributed by atoms with E-state index in [-0.39, 0.29) is 11.9 Å². The summed E-state index contributed by atoms with van der Waals surface area (Å²) in [5, 5.41) is 1.04. The zero-order valence-corrected chi connectivity index (χ0v) is 21.1. The van der Waals surface area contributed by atoms with Crippen LogP contribution in [0.1, 0.15) is 33.8 Å². The lowest BCUT2D eigenvalue weighted by molar-refractivity contribution is -0.133. The second kappa shape index (κ2) is 9.63. The number of hydrogen-bond acceptors (Lipinski definition) is 8. The largest absolute Gasteiger partial charge is 0.465 e. The second-order valence-corrected chi connectivity index (χ2v) is 10.8. The molecule has 186 valence electrons. The molecule has 0 spiro atoms. The number of pyridine rings is 1. The Balaban J connectivity index is 1.08. The summed E-state index contributed by atoms with van der Waals surface area (Å²) < 4.78 is 4.78. The molecule has 0 radical (unpaired) electrons. The number of piperazine rings is 1. The topological polar surface area (TPSA) is 78.9 Å². The van der Waals surface area contributed by atoms with Crippen LogP contribution in [0.25, 0.3) is 10.6 Å². The predicted octanol–water partition coefficient (Wildman–Crippen LogP) is 3.23. The molecule has 6 rings (SSSR count). The number of hydrogen-bond donors (Lipinski definition) is 0. The van der Waals surface area contributed by atoms with E-state index in [2.05, 4.69) is 26.9 Å². The first-order chi connectivity index (χ1) is 17.6. The molecule has 3 aliphatic heterocycles. The van der Waals surface area contributed by atoms with Crippen molar-refractivity contribution in [2.75, 3.05) is 38.2 Å². The van der Waals surface area contributed by atoms with E-state index in [1.165, 1.54) is 12.0 Å². The van der Waals surface area contributed by atoms with Crippen LogP contribution >= 0.6 is 11.3 Å². The first-order valence-electron chi connectivity index (χ1n) is 12.5. The molecule has 2 aromatic heterocycles. The number of anilines is 1. The van der Waals surface area contributed by atoms with Gasteiger partial charge >= 0.3 is 5.97 Å². The molecule has 9 heteroatoms. The highest BCUT2D eigenvalue weighted by atomic mass is 32.1. The number of esters is 1. The van der Waals surface area contributed by atoms with Gasteiger partial charge in [-0.1, -0.05) is 30.3 Å². The third-order valence-electron chi connectivity index (χ3n) is 7.45. The van der Waals surface area contributed by atoms with Crippen molar-refractivity contribution in [1.29, 1.82) is 0 Å². The van der Waals surface area contributed by atoms with Crippen LogP contribution in [0.2, 0.25) is 0 Å². The molecule has 2 fully saturated rings. The summed E-state index contributed by atoms with van der Waals surface area (Å²) in [7, 11) is 1.37. The smallest absolute Gasteiger partial charge is 0.339 e. The second-order valence-electron chi connectivity index (χ2n) is 9.70. The molecule has 8 nitrogen and oxygen atoms in total. The Labute approximate surface area is 214 Å². The fourth-order valence-electron chi connectivity index (χ4n) is 5.67. The minimum Gasteiger partial charge on any atom is -0.465 e. The fourth-order valence-corrected chi connectivity index (χ4v) is 6.80. The van der Waals surface area contributed by atoms with Crippen LogP contribution in [-0.2, 0) is 22.5 Å². The number of ether oxygens (including phenoxy) is 1. The number of carbonyl (C=O) groups is 2. The third kappa shape index (κ3) is 4.37. The normalized spacial score (nSPS) is 21.4. The monoisotopic (exact) mass is 503 g/mol. The van der Waals surface area contributed by atoms with Gasteiger partial charge < -0.3 is 14.5 Å². The number of carbonyl (C=O) groups excluding carboxylic acids is 2. The number of fused-ring (bicyclic) bond motifs is 3. The molecule has 5 heterocycles. The Morgan fingerprint density at radius 2 is 1.86 bits per heavy atom. The lowest BCUT2D eigenvalue weighted by Gasteiger charge is -2.42. The number of benzene rings is 1. The molecule has 3 aromatic rings. The predicted molar refractivity (Wildman–Crippen MR) is 138 cm³/mol. The average Bonchev–Trinajstić information content (AvgIpc) is 3.46. The van der Waals surface area contributed by atoms with Crippen LogP contribution in [0.5, 0.6) is 0 Å². The van der Waals surface area contributed by atoms with Crippen LogP contribution in [0.15, 0.2) is 48.7 Å². The number of aromatic nitrogens is 2. The molecule has 2 atom stereocenters. The Kier molecular flexibility index (Phi) is 6.18. The number of methoxy groups -OCH3 is 1. The summed E-state index contributed by atoms with van der Waals surface area (Å²) in [6.07, 6.45) is 4.58. The standard InChI is InChI=1S/C27H29N5O3S/c1-35-27(34)19-7-10-24(28-13-19)32-20-8-9-21(32)15-30(14-20)17-25(33)31-12-11-22-23(16-31)36-26(29-22)18-5-3-2-4-6-18/h2-7,10,13,20-21H,8-9,11-12,14-17H2,1H3. The van der Waals surface area contributed by atoms with Crippen molar-refractivity contribution < 1.29 is 14.3 Å². The summed E-state index contributed by atoms with van der Waals surface area (Å²) in [5.74, 6) is 0.715. The fraction of sp³-hybridized carbons (Fsp3) is 0.407. The number of thiazole rings is 1. The van der Waals surface area contributed by atoms with Crippen LogP contribution < -0.4 is 4.90 Å². The number of nitrogens with zero attached hydrogens (tertiary/aromatic N) is 5. The molecule has 1 amide bonds.